The van der Waals surface area contributed by atoms with Crippen molar-refractivity contribution in [1.82, 2.24) is 0 Å². The van der Waals surface area contributed by atoms with Crippen molar-refractivity contribution in [2.75, 3.05) is 0 Å². The predicted molar refractivity (Wildman–Crippen MR) is 121 cm³/mol. The Kier molecular flexibility index (Phi) is 10.5. The lowest BCUT2D eigenvalue weighted by Gasteiger charge is -2.44. The molecule has 0 fully saturated rings. The van der Waals surface area contributed by atoms with E-state index in [1.807, 2.05) is 0 Å². The van der Waals surface area contributed by atoms with Crippen LogP contribution in [0.1, 0.15) is 110 Å². The van der Waals surface area contributed by atoms with Gasteiger partial charge in [0.2, 0.25) is 0 Å². The number of hydrogen-bond acceptors (Lipinski definition) is 1. The zero-order valence-electron chi connectivity index (χ0n) is 19.0. The third kappa shape index (κ3) is 5.72. The Morgan fingerprint density at radius 2 is 1.50 bits per heavy atom. The molecule has 0 saturated heterocycles. The fourth-order valence-corrected chi connectivity index (χ4v) is 5.05. The zero-order valence-corrected chi connectivity index (χ0v) is 19.8. The number of aliphatic hydroxyl groups is 1. The van der Waals surface area contributed by atoms with Crippen LogP contribution in [0.2, 0.25) is 5.02 Å². The van der Waals surface area contributed by atoms with E-state index in [1.165, 1.54) is 44.2 Å². The molecule has 0 heterocycles. The summed E-state index contributed by atoms with van der Waals surface area (Å²) in [4.78, 5) is 0. The molecular formula is C25H42ClFO. The molecule has 1 aromatic carbocycles. The topological polar surface area (TPSA) is 20.2 Å². The van der Waals surface area contributed by atoms with Crippen LogP contribution in [0.5, 0.6) is 0 Å². The molecule has 0 aliphatic heterocycles. The standard InChI is InChI=1S/C18H26ClFO.C7H16/c1-5-7-12(8-6-2)18(21)15-9-13(20)10-16(19)14(15)11-17(18,3)4;1-3-5-7-6-4-2/h9-10,12,21H,5-8,11H2,1-4H3;3-7H2,1-2H3. The van der Waals surface area contributed by atoms with Crippen LogP contribution in [-0.2, 0) is 12.0 Å². The summed E-state index contributed by atoms with van der Waals surface area (Å²) < 4.78 is 13.9. The molecule has 1 unspecified atom stereocenters. The number of rotatable bonds is 9. The highest BCUT2D eigenvalue weighted by Gasteiger charge is 2.55. The van der Waals surface area contributed by atoms with Crippen LogP contribution in [-0.4, -0.2) is 5.11 Å². The van der Waals surface area contributed by atoms with Gasteiger partial charge < -0.3 is 5.11 Å². The number of halogens is 2. The minimum Gasteiger partial charge on any atom is -0.384 e. The number of benzene rings is 1. The summed E-state index contributed by atoms with van der Waals surface area (Å²) in [7, 11) is 0. The maximum Gasteiger partial charge on any atom is 0.125 e. The smallest absolute Gasteiger partial charge is 0.125 e. The molecule has 1 aromatic rings. The first-order valence-electron chi connectivity index (χ1n) is 11.4. The van der Waals surface area contributed by atoms with Crippen LogP contribution in [0, 0.1) is 17.2 Å². The summed E-state index contributed by atoms with van der Waals surface area (Å²) in [6.07, 6.45) is 11.6. The fraction of sp³-hybridized carbons (Fsp3) is 0.760. The number of unbranched alkanes of at least 4 members (excludes halogenated alkanes) is 4. The highest BCUT2D eigenvalue weighted by Crippen LogP contribution is 2.57. The molecule has 1 nitrogen and oxygen atoms in total. The molecule has 1 atom stereocenters. The van der Waals surface area contributed by atoms with Crippen LogP contribution < -0.4 is 0 Å². The van der Waals surface area contributed by atoms with E-state index in [9.17, 15) is 9.50 Å². The molecule has 2 rings (SSSR count). The third-order valence-corrected chi connectivity index (χ3v) is 6.63. The predicted octanol–water partition coefficient (Wildman–Crippen LogP) is 8.44. The van der Waals surface area contributed by atoms with Gasteiger partial charge >= 0.3 is 0 Å². The first-order chi connectivity index (χ1) is 13.2. The molecule has 3 heteroatoms. The maximum atomic E-state index is 13.9. The largest absolute Gasteiger partial charge is 0.384 e. The van der Waals surface area contributed by atoms with Crippen LogP contribution in [0.25, 0.3) is 0 Å². The van der Waals surface area contributed by atoms with Gasteiger partial charge in [-0.3, -0.25) is 0 Å². The normalized spacial score (nSPS) is 20.1. The molecular weight excluding hydrogens is 371 g/mol. The first-order valence-corrected chi connectivity index (χ1v) is 11.8. The Morgan fingerprint density at radius 3 is 1.96 bits per heavy atom. The third-order valence-electron chi connectivity index (χ3n) is 6.29. The average molecular weight is 413 g/mol. The molecule has 1 N–H and O–H groups in total. The van der Waals surface area contributed by atoms with Gasteiger partial charge in [0.15, 0.2) is 0 Å². The van der Waals surface area contributed by atoms with Crippen LogP contribution >= 0.6 is 11.6 Å². The second-order valence-corrected chi connectivity index (χ2v) is 9.48. The van der Waals surface area contributed by atoms with Crippen LogP contribution in [0.3, 0.4) is 0 Å². The van der Waals surface area contributed by atoms with E-state index in [4.69, 9.17) is 11.6 Å². The average Bonchev–Trinajstić information content (AvgIpc) is 2.84. The van der Waals surface area contributed by atoms with E-state index in [0.717, 1.165) is 31.2 Å². The summed E-state index contributed by atoms with van der Waals surface area (Å²) >= 11 is 6.24. The monoisotopic (exact) mass is 412 g/mol. The van der Waals surface area contributed by atoms with Crippen molar-refractivity contribution < 1.29 is 9.50 Å². The second kappa shape index (κ2) is 11.6. The van der Waals surface area contributed by atoms with E-state index in [1.54, 1.807) is 0 Å². The molecule has 0 saturated carbocycles. The van der Waals surface area contributed by atoms with Gasteiger partial charge in [0.25, 0.3) is 0 Å². The quantitative estimate of drug-likeness (QED) is 0.403. The summed E-state index contributed by atoms with van der Waals surface area (Å²) in [5, 5.41) is 12.1. The molecule has 0 amide bonds. The fourth-order valence-electron chi connectivity index (χ4n) is 4.77. The first kappa shape index (κ1) is 25.4. The van der Waals surface area contributed by atoms with Crippen LogP contribution in [0.15, 0.2) is 12.1 Å². The lowest BCUT2D eigenvalue weighted by molar-refractivity contribution is -0.113. The van der Waals surface area contributed by atoms with Crippen molar-refractivity contribution in [1.29, 1.82) is 0 Å². The van der Waals surface area contributed by atoms with Gasteiger partial charge in [0.05, 0.1) is 5.60 Å². The summed E-state index contributed by atoms with van der Waals surface area (Å²) in [5.74, 6) is -0.219. The van der Waals surface area contributed by atoms with Crippen molar-refractivity contribution in [2.45, 2.75) is 111 Å². The van der Waals surface area contributed by atoms with E-state index in [2.05, 4.69) is 41.5 Å². The Labute approximate surface area is 178 Å². The van der Waals surface area contributed by atoms with Gasteiger partial charge in [-0.05, 0) is 48.4 Å². The van der Waals surface area contributed by atoms with Gasteiger partial charge in [-0.2, -0.15) is 0 Å². The van der Waals surface area contributed by atoms with Gasteiger partial charge in [-0.15, -0.1) is 0 Å². The Hall–Kier alpha value is -0.600. The van der Waals surface area contributed by atoms with Crippen molar-refractivity contribution in [3.05, 3.63) is 34.1 Å². The van der Waals surface area contributed by atoms with E-state index < -0.39 is 5.60 Å². The minimum absolute atomic E-state index is 0.140. The van der Waals surface area contributed by atoms with Gasteiger partial charge in [-0.25, -0.2) is 4.39 Å². The summed E-state index contributed by atoms with van der Waals surface area (Å²) in [5.41, 5.74) is 0.300. The highest BCUT2D eigenvalue weighted by atomic mass is 35.5. The van der Waals surface area contributed by atoms with Gasteiger partial charge in [0, 0.05) is 10.4 Å². The molecule has 0 spiro atoms. The molecule has 0 bridgehead atoms. The van der Waals surface area contributed by atoms with Crippen LogP contribution in [0.4, 0.5) is 4.39 Å². The molecule has 162 valence electrons. The molecule has 1 aliphatic rings. The second-order valence-electron chi connectivity index (χ2n) is 9.08. The lowest BCUT2D eigenvalue weighted by Crippen LogP contribution is -2.45. The van der Waals surface area contributed by atoms with Crippen molar-refractivity contribution >= 4 is 11.6 Å². The Bertz CT molecular complexity index is 588. The SMILES string of the molecule is CCCC(CCC)C1(O)c2cc(F)cc(Cl)c2CC1(C)C.CCCCCCC. The van der Waals surface area contributed by atoms with Gasteiger partial charge in [0.1, 0.15) is 5.82 Å². The van der Waals surface area contributed by atoms with E-state index in [0.29, 0.717) is 17.0 Å². The van der Waals surface area contributed by atoms with E-state index in [-0.39, 0.29) is 17.2 Å². The van der Waals surface area contributed by atoms with Gasteiger partial charge in [-0.1, -0.05) is 98.1 Å². The Balaban J connectivity index is 0.000000480. The van der Waals surface area contributed by atoms with E-state index >= 15 is 0 Å². The molecule has 0 aromatic heterocycles. The van der Waals surface area contributed by atoms with Crippen molar-refractivity contribution in [3.8, 4) is 0 Å². The highest BCUT2D eigenvalue weighted by molar-refractivity contribution is 6.31. The lowest BCUT2D eigenvalue weighted by atomic mass is 9.65. The maximum absolute atomic E-state index is 13.9. The minimum atomic E-state index is -1.000. The Morgan fingerprint density at radius 1 is 0.964 bits per heavy atom. The zero-order chi connectivity index (χ0) is 21.4. The summed E-state index contributed by atoms with van der Waals surface area (Å²) in [6, 6.07) is 2.85. The number of fused-ring (bicyclic) bond motifs is 1. The number of hydrogen-bond donors (Lipinski definition) is 1. The molecule has 1 aliphatic carbocycles. The molecule has 0 radical (unpaired) electrons. The van der Waals surface area contributed by atoms with Crippen molar-refractivity contribution in [2.24, 2.45) is 11.3 Å². The summed E-state index contributed by atoms with van der Waals surface area (Å²) in [6.45, 7) is 12.9. The van der Waals surface area contributed by atoms with Crippen molar-refractivity contribution in [3.63, 3.8) is 0 Å². The molecule has 28 heavy (non-hydrogen) atoms.